The van der Waals surface area contributed by atoms with E-state index >= 15 is 0 Å². The Balaban J connectivity index is 2.30. The van der Waals surface area contributed by atoms with Gasteiger partial charge < -0.3 is 4.90 Å². The lowest BCUT2D eigenvalue weighted by Crippen LogP contribution is -2.25. The van der Waals surface area contributed by atoms with Crippen molar-refractivity contribution in [3.63, 3.8) is 0 Å². The van der Waals surface area contributed by atoms with E-state index in [-0.39, 0.29) is 17.6 Å². The molecule has 0 N–H and O–H groups in total. The number of benzene rings is 1. The van der Waals surface area contributed by atoms with Gasteiger partial charge in [-0.25, -0.2) is 4.39 Å². The number of nitrogens with zero attached hydrogens (tertiary/aromatic N) is 1. The number of carbonyl (C=O) groups excluding carboxylic acids is 1. The topological polar surface area (TPSA) is 20.3 Å². The number of rotatable bonds is 2. The second-order valence-corrected chi connectivity index (χ2v) is 4.83. The zero-order valence-electron chi connectivity index (χ0n) is 9.04. The highest BCUT2D eigenvalue weighted by Gasteiger charge is 2.31. The van der Waals surface area contributed by atoms with Crippen molar-refractivity contribution in [2.24, 2.45) is 5.92 Å². The molecule has 1 unspecified atom stereocenters. The molecule has 1 aromatic rings. The molecule has 0 radical (unpaired) electrons. The van der Waals surface area contributed by atoms with E-state index in [1.807, 2.05) is 6.92 Å². The maximum Gasteiger partial charge on any atom is 0.227 e. The van der Waals surface area contributed by atoms with E-state index in [9.17, 15) is 9.18 Å². The van der Waals surface area contributed by atoms with Gasteiger partial charge in [0.05, 0.1) is 5.69 Å². The van der Waals surface area contributed by atoms with E-state index in [0.29, 0.717) is 18.7 Å². The average Bonchev–Trinajstić information content (AvgIpc) is 2.63. The molecule has 0 aliphatic carbocycles. The van der Waals surface area contributed by atoms with E-state index in [2.05, 4.69) is 15.9 Å². The maximum atomic E-state index is 13.6. The SMILES string of the molecule is Cc1ccc(F)c(N2CC(CBr)CC2=O)c1. The van der Waals surface area contributed by atoms with E-state index in [1.165, 1.54) is 6.07 Å². The fourth-order valence-electron chi connectivity index (χ4n) is 1.95. The summed E-state index contributed by atoms with van der Waals surface area (Å²) in [6, 6.07) is 4.85. The van der Waals surface area contributed by atoms with Gasteiger partial charge in [0.2, 0.25) is 5.91 Å². The van der Waals surface area contributed by atoms with Crippen molar-refractivity contribution in [2.45, 2.75) is 13.3 Å². The largest absolute Gasteiger partial charge is 0.309 e. The van der Waals surface area contributed by atoms with Gasteiger partial charge in [-0.05, 0) is 30.5 Å². The first kappa shape index (κ1) is 11.6. The molecular weight excluding hydrogens is 273 g/mol. The summed E-state index contributed by atoms with van der Waals surface area (Å²) in [5, 5.41) is 0.780. The Morgan fingerprint density at radius 1 is 1.56 bits per heavy atom. The molecule has 1 amide bonds. The molecule has 1 aromatic carbocycles. The number of hydrogen-bond donors (Lipinski definition) is 0. The second kappa shape index (κ2) is 4.53. The van der Waals surface area contributed by atoms with Gasteiger partial charge in [0, 0.05) is 18.3 Å². The first-order valence-electron chi connectivity index (χ1n) is 5.24. The number of aryl methyl sites for hydroxylation is 1. The third kappa shape index (κ3) is 2.12. The van der Waals surface area contributed by atoms with Crippen LogP contribution in [-0.2, 0) is 4.79 Å². The van der Waals surface area contributed by atoms with Crippen molar-refractivity contribution in [2.75, 3.05) is 16.8 Å². The molecular formula is C12H13BrFNO. The smallest absolute Gasteiger partial charge is 0.227 e. The predicted octanol–water partition coefficient (Wildman–Crippen LogP) is 2.88. The van der Waals surface area contributed by atoms with Crippen LogP contribution >= 0.6 is 15.9 Å². The number of anilines is 1. The number of halogens is 2. The summed E-state index contributed by atoms with van der Waals surface area (Å²) >= 11 is 3.36. The lowest BCUT2D eigenvalue weighted by molar-refractivity contribution is -0.117. The second-order valence-electron chi connectivity index (χ2n) is 4.18. The molecule has 0 aromatic heterocycles. The summed E-state index contributed by atoms with van der Waals surface area (Å²) in [7, 11) is 0. The molecule has 0 spiro atoms. The van der Waals surface area contributed by atoms with Crippen LogP contribution < -0.4 is 4.90 Å². The number of alkyl halides is 1. The monoisotopic (exact) mass is 285 g/mol. The standard InChI is InChI=1S/C12H13BrFNO/c1-8-2-3-10(14)11(4-8)15-7-9(6-13)5-12(15)16/h2-4,9H,5-7H2,1H3. The normalized spacial score (nSPS) is 20.6. The Bertz CT molecular complexity index is 421. The highest BCUT2D eigenvalue weighted by molar-refractivity contribution is 9.09. The maximum absolute atomic E-state index is 13.6. The van der Waals surface area contributed by atoms with Crippen LogP contribution in [0.1, 0.15) is 12.0 Å². The third-order valence-electron chi connectivity index (χ3n) is 2.82. The minimum absolute atomic E-state index is 0.00829. The quantitative estimate of drug-likeness (QED) is 0.765. The van der Waals surface area contributed by atoms with Crippen LogP contribution in [0.5, 0.6) is 0 Å². The molecule has 2 nitrogen and oxygen atoms in total. The van der Waals surface area contributed by atoms with Crippen molar-refractivity contribution in [3.8, 4) is 0 Å². The molecule has 1 aliphatic heterocycles. The van der Waals surface area contributed by atoms with Crippen LogP contribution in [0.2, 0.25) is 0 Å². The minimum Gasteiger partial charge on any atom is -0.309 e. The number of hydrogen-bond acceptors (Lipinski definition) is 1. The number of amides is 1. The van der Waals surface area contributed by atoms with Gasteiger partial charge in [-0.15, -0.1) is 0 Å². The van der Waals surface area contributed by atoms with Crippen molar-refractivity contribution in [1.82, 2.24) is 0 Å². The van der Waals surface area contributed by atoms with Gasteiger partial charge in [0.15, 0.2) is 0 Å². The van der Waals surface area contributed by atoms with Gasteiger partial charge in [-0.2, -0.15) is 0 Å². The summed E-state index contributed by atoms with van der Waals surface area (Å²) in [5.41, 5.74) is 1.37. The van der Waals surface area contributed by atoms with Crippen LogP contribution in [0.4, 0.5) is 10.1 Å². The Morgan fingerprint density at radius 2 is 2.31 bits per heavy atom. The zero-order valence-corrected chi connectivity index (χ0v) is 10.6. The van der Waals surface area contributed by atoms with Crippen molar-refractivity contribution >= 4 is 27.5 Å². The first-order valence-corrected chi connectivity index (χ1v) is 6.36. The van der Waals surface area contributed by atoms with E-state index in [0.717, 1.165) is 10.9 Å². The molecule has 1 saturated heterocycles. The summed E-state index contributed by atoms with van der Waals surface area (Å²) in [6.07, 6.45) is 0.499. The molecule has 1 heterocycles. The van der Waals surface area contributed by atoms with Crippen LogP contribution in [0.3, 0.4) is 0 Å². The van der Waals surface area contributed by atoms with Gasteiger partial charge in [-0.1, -0.05) is 22.0 Å². The Morgan fingerprint density at radius 3 is 2.94 bits per heavy atom. The third-order valence-corrected chi connectivity index (χ3v) is 3.73. The van der Waals surface area contributed by atoms with Crippen LogP contribution in [-0.4, -0.2) is 17.8 Å². The summed E-state index contributed by atoms with van der Waals surface area (Å²) in [5.74, 6) is -0.0319. The lowest BCUT2D eigenvalue weighted by atomic mass is 10.1. The highest BCUT2D eigenvalue weighted by atomic mass is 79.9. The fraction of sp³-hybridized carbons (Fsp3) is 0.417. The molecule has 86 valence electrons. The molecule has 0 saturated carbocycles. The molecule has 1 atom stereocenters. The van der Waals surface area contributed by atoms with Crippen molar-refractivity contribution in [3.05, 3.63) is 29.6 Å². The highest BCUT2D eigenvalue weighted by Crippen LogP contribution is 2.28. The summed E-state index contributed by atoms with van der Waals surface area (Å²) < 4.78 is 13.6. The molecule has 2 rings (SSSR count). The first-order chi connectivity index (χ1) is 7.61. The van der Waals surface area contributed by atoms with E-state index < -0.39 is 0 Å². The minimum atomic E-state index is -0.325. The Hall–Kier alpha value is -0.900. The van der Waals surface area contributed by atoms with Crippen LogP contribution in [0, 0.1) is 18.7 Å². The Kier molecular flexibility index (Phi) is 3.28. The molecule has 4 heteroatoms. The van der Waals surface area contributed by atoms with Gasteiger partial charge in [0.25, 0.3) is 0 Å². The van der Waals surface area contributed by atoms with Gasteiger partial charge in [-0.3, -0.25) is 4.79 Å². The van der Waals surface area contributed by atoms with Gasteiger partial charge >= 0.3 is 0 Å². The van der Waals surface area contributed by atoms with Crippen molar-refractivity contribution in [1.29, 1.82) is 0 Å². The lowest BCUT2D eigenvalue weighted by Gasteiger charge is -2.17. The number of carbonyl (C=O) groups is 1. The zero-order chi connectivity index (χ0) is 11.7. The summed E-state index contributed by atoms with van der Waals surface area (Å²) in [4.78, 5) is 13.3. The molecule has 1 fully saturated rings. The van der Waals surface area contributed by atoms with Gasteiger partial charge in [0.1, 0.15) is 5.82 Å². The Labute approximate surface area is 103 Å². The van der Waals surface area contributed by atoms with E-state index in [1.54, 1.807) is 17.0 Å². The van der Waals surface area contributed by atoms with Crippen molar-refractivity contribution < 1.29 is 9.18 Å². The van der Waals surface area contributed by atoms with Crippen LogP contribution in [0.25, 0.3) is 0 Å². The predicted molar refractivity (Wildman–Crippen MR) is 65.4 cm³/mol. The average molecular weight is 286 g/mol. The fourth-order valence-corrected chi connectivity index (χ4v) is 2.38. The molecule has 16 heavy (non-hydrogen) atoms. The molecule has 1 aliphatic rings. The van der Waals surface area contributed by atoms with Crippen LogP contribution in [0.15, 0.2) is 18.2 Å². The van der Waals surface area contributed by atoms with E-state index in [4.69, 9.17) is 0 Å². The molecule has 0 bridgehead atoms. The summed E-state index contributed by atoms with van der Waals surface area (Å²) in [6.45, 7) is 2.50.